The van der Waals surface area contributed by atoms with Gasteiger partial charge in [-0.05, 0) is 25.8 Å². The number of rotatable bonds is 4. The number of ether oxygens (including phenoxy) is 1. The van der Waals surface area contributed by atoms with E-state index in [0.717, 1.165) is 37.0 Å². The Bertz CT molecular complexity index is 424. The van der Waals surface area contributed by atoms with Gasteiger partial charge in [0.25, 0.3) is 0 Å². The van der Waals surface area contributed by atoms with Crippen molar-refractivity contribution < 1.29 is 4.74 Å². The minimum Gasteiger partial charge on any atom is -0.380 e. The second-order valence-corrected chi connectivity index (χ2v) is 5.34. The van der Waals surface area contributed by atoms with Crippen LogP contribution in [0.5, 0.6) is 0 Å². The first-order valence-electron chi connectivity index (χ1n) is 6.90. The fourth-order valence-electron chi connectivity index (χ4n) is 2.58. The predicted octanol–water partition coefficient (Wildman–Crippen LogP) is 1.68. The molecule has 0 radical (unpaired) electrons. The van der Waals surface area contributed by atoms with E-state index in [1.54, 1.807) is 7.11 Å². The Morgan fingerprint density at radius 2 is 2.26 bits per heavy atom. The molecule has 0 aromatic carbocycles. The van der Waals surface area contributed by atoms with Crippen LogP contribution in [-0.2, 0) is 11.3 Å². The van der Waals surface area contributed by atoms with E-state index in [1.807, 2.05) is 20.0 Å². The highest BCUT2D eigenvalue weighted by Crippen LogP contribution is 2.20. The number of nitrogens with zero attached hydrogens (tertiary/aromatic N) is 3. The van der Waals surface area contributed by atoms with Crippen LogP contribution in [-0.4, -0.2) is 48.2 Å². The van der Waals surface area contributed by atoms with Crippen LogP contribution in [0.2, 0.25) is 0 Å². The predicted molar refractivity (Wildman–Crippen MR) is 76.2 cm³/mol. The molecule has 1 fully saturated rings. The molecule has 5 nitrogen and oxygen atoms in total. The Morgan fingerprint density at radius 3 is 2.95 bits per heavy atom. The Morgan fingerprint density at radius 1 is 1.47 bits per heavy atom. The molecule has 2 rings (SSSR count). The fraction of sp³-hybridized carbons (Fsp3) is 0.714. The molecule has 2 heterocycles. The van der Waals surface area contributed by atoms with E-state index in [9.17, 15) is 0 Å². The van der Waals surface area contributed by atoms with Crippen molar-refractivity contribution >= 4 is 5.82 Å². The molecule has 0 spiro atoms. The molecule has 1 aromatic rings. The number of nitrogens with one attached hydrogen (secondary N) is 1. The number of aromatic nitrogens is 2. The Hall–Kier alpha value is -1.20. The van der Waals surface area contributed by atoms with E-state index < -0.39 is 0 Å². The van der Waals surface area contributed by atoms with Crippen molar-refractivity contribution in [3.05, 3.63) is 17.6 Å². The summed E-state index contributed by atoms with van der Waals surface area (Å²) in [5.41, 5.74) is 1.00. The van der Waals surface area contributed by atoms with E-state index in [1.165, 1.54) is 6.42 Å². The molecule has 2 unspecified atom stereocenters. The zero-order valence-corrected chi connectivity index (χ0v) is 12.3. The van der Waals surface area contributed by atoms with Gasteiger partial charge in [-0.1, -0.05) is 6.92 Å². The standard InChI is InChI=1S/C14H24N4O/c1-10-5-6-18(8-12(10)19-4)9-14-16-11(2)7-13(15-3)17-14/h7,10,12H,5-6,8-9H2,1-4H3,(H,15,16,17). The summed E-state index contributed by atoms with van der Waals surface area (Å²) in [5.74, 6) is 2.40. The van der Waals surface area contributed by atoms with Gasteiger partial charge < -0.3 is 10.1 Å². The maximum absolute atomic E-state index is 5.55. The largest absolute Gasteiger partial charge is 0.380 e. The second-order valence-electron chi connectivity index (χ2n) is 5.34. The number of methoxy groups -OCH3 is 1. The van der Waals surface area contributed by atoms with Crippen molar-refractivity contribution in [3.63, 3.8) is 0 Å². The van der Waals surface area contributed by atoms with Gasteiger partial charge in [-0.15, -0.1) is 0 Å². The third-order valence-corrected chi connectivity index (χ3v) is 3.80. The van der Waals surface area contributed by atoms with Gasteiger partial charge in [0.2, 0.25) is 0 Å². The molecule has 1 N–H and O–H groups in total. The summed E-state index contributed by atoms with van der Waals surface area (Å²) in [4.78, 5) is 11.4. The number of likely N-dealkylation sites (tertiary alicyclic amines) is 1. The van der Waals surface area contributed by atoms with Crippen molar-refractivity contribution in [2.75, 3.05) is 32.6 Å². The van der Waals surface area contributed by atoms with Gasteiger partial charge in [0, 0.05) is 32.5 Å². The molecule has 106 valence electrons. The first kappa shape index (κ1) is 14.2. The average Bonchev–Trinajstić information content (AvgIpc) is 2.40. The van der Waals surface area contributed by atoms with E-state index in [0.29, 0.717) is 12.0 Å². The van der Waals surface area contributed by atoms with Crippen molar-refractivity contribution in [3.8, 4) is 0 Å². The lowest BCUT2D eigenvalue weighted by molar-refractivity contribution is -0.00815. The van der Waals surface area contributed by atoms with Gasteiger partial charge in [-0.2, -0.15) is 0 Å². The zero-order valence-electron chi connectivity index (χ0n) is 12.3. The summed E-state index contributed by atoms with van der Waals surface area (Å²) >= 11 is 0. The quantitative estimate of drug-likeness (QED) is 0.896. The van der Waals surface area contributed by atoms with Gasteiger partial charge in [0.15, 0.2) is 0 Å². The summed E-state index contributed by atoms with van der Waals surface area (Å²) < 4.78 is 5.55. The fourth-order valence-corrected chi connectivity index (χ4v) is 2.58. The van der Waals surface area contributed by atoms with Crippen molar-refractivity contribution in [1.82, 2.24) is 14.9 Å². The molecule has 0 bridgehead atoms. The van der Waals surface area contributed by atoms with Crippen LogP contribution in [0, 0.1) is 12.8 Å². The van der Waals surface area contributed by atoms with E-state index in [4.69, 9.17) is 4.74 Å². The summed E-state index contributed by atoms with van der Waals surface area (Å²) in [7, 11) is 3.68. The third-order valence-electron chi connectivity index (χ3n) is 3.80. The van der Waals surface area contributed by atoms with Crippen molar-refractivity contribution in [2.24, 2.45) is 5.92 Å². The highest BCUT2D eigenvalue weighted by molar-refractivity contribution is 5.34. The lowest BCUT2D eigenvalue weighted by atomic mass is 9.96. The molecule has 5 heteroatoms. The van der Waals surface area contributed by atoms with E-state index >= 15 is 0 Å². The van der Waals surface area contributed by atoms with Crippen LogP contribution >= 0.6 is 0 Å². The minimum absolute atomic E-state index is 0.322. The highest BCUT2D eigenvalue weighted by Gasteiger charge is 2.26. The zero-order chi connectivity index (χ0) is 13.8. The molecular formula is C14H24N4O. The number of aryl methyl sites for hydroxylation is 1. The molecule has 1 aliphatic rings. The molecule has 0 saturated carbocycles. The van der Waals surface area contributed by atoms with Crippen molar-refractivity contribution in [2.45, 2.75) is 32.9 Å². The van der Waals surface area contributed by atoms with Gasteiger partial charge in [0.05, 0.1) is 12.6 Å². The summed E-state index contributed by atoms with van der Waals surface area (Å²) in [5, 5.41) is 3.08. The molecule has 0 amide bonds. The first-order valence-corrected chi connectivity index (χ1v) is 6.90. The lowest BCUT2D eigenvalue weighted by Gasteiger charge is -2.35. The Labute approximate surface area is 115 Å². The van der Waals surface area contributed by atoms with Gasteiger partial charge in [-0.3, -0.25) is 4.90 Å². The van der Waals surface area contributed by atoms with Crippen LogP contribution < -0.4 is 5.32 Å². The Balaban J connectivity index is 2.03. The molecule has 1 aliphatic heterocycles. The SMILES string of the molecule is CNc1cc(C)nc(CN2CCC(C)C(OC)C2)n1. The highest BCUT2D eigenvalue weighted by atomic mass is 16.5. The average molecular weight is 264 g/mol. The summed E-state index contributed by atoms with van der Waals surface area (Å²) in [6, 6.07) is 1.96. The van der Waals surface area contributed by atoms with Gasteiger partial charge >= 0.3 is 0 Å². The summed E-state index contributed by atoms with van der Waals surface area (Å²) in [6.07, 6.45) is 1.49. The second kappa shape index (κ2) is 6.30. The monoisotopic (exact) mass is 264 g/mol. The van der Waals surface area contributed by atoms with Crippen LogP contribution in [0.3, 0.4) is 0 Å². The molecule has 19 heavy (non-hydrogen) atoms. The van der Waals surface area contributed by atoms with E-state index in [-0.39, 0.29) is 0 Å². The molecular weight excluding hydrogens is 240 g/mol. The number of piperidine rings is 1. The van der Waals surface area contributed by atoms with Crippen LogP contribution in [0.25, 0.3) is 0 Å². The number of hydrogen-bond donors (Lipinski definition) is 1. The summed E-state index contributed by atoms with van der Waals surface area (Å²) in [6.45, 7) is 7.11. The maximum atomic E-state index is 5.55. The van der Waals surface area contributed by atoms with E-state index in [2.05, 4.69) is 27.1 Å². The molecule has 0 aliphatic carbocycles. The van der Waals surface area contributed by atoms with Gasteiger partial charge in [0.1, 0.15) is 11.6 Å². The smallest absolute Gasteiger partial charge is 0.144 e. The minimum atomic E-state index is 0.322. The van der Waals surface area contributed by atoms with Crippen LogP contribution in [0.4, 0.5) is 5.82 Å². The van der Waals surface area contributed by atoms with Crippen LogP contribution in [0.1, 0.15) is 24.9 Å². The normalized spacial score (nSPS) is 24.4. The third kappa shape index (κ3) is 3.64. The van der Waals surface area contributed by atoms with Gasteiger partial charge in [-0.25, -0.2) is 9.97 Å². The molecule has 1 aromatic heterocycles. The van der Waals surface area contributed by atoms with Crippen molar-refractivity contribution in [1.29, 1.82) is 0 Å². The maximum Gasteiger partial charge on any atom is 0.144 e. The van der Waals surface area contributed by atoms with Crippen LogP contribution in [0.15, 0.2) is 6.07 Å². The number of hydrogen-bond acceptors (Lipinski definition) is 5. The topological polar surface area (TPSA) is 50.3 Å². The molecule has 2 atom stereocenters. The first-order chi connectivity index (χ1) is 9.12. The molecule has 1 saturated heterocycles. The lowest BCUT2D eigenvalue weighted by Crippen LogP contribution is -2.43. The number of anilines is 1. The Kier molecular flexibility index (Phi) is 4.71.